The Hall–Kier alpha value is -0.810. The summed E-state index contributed by atoms with van der Waals surface area (Å²) in [6.45, 7) is 14.1. The molecular formula is C14H30N2O3. The van der Waals surface area contributed by atoms with E-state index in [9.17, 15) is 9.90 Å². The van der Waals surface area contributed by atoms with Crippen molar-refractivity contribution in [2.24, 2.45) is 5.92 Å². The van der Waals surface area contributed by atoms with Crippen molar-refractivity contribution >= 4 is 6.09 Å². The highest BCUT2D eigenvalue weighted by molar-refractivity contribution is 5.68. The minimum absolute atomic E-state index is 0.335. The number of rotatable bonds is 0. The average Bonchev–Trinajstić information content (AvgIpc) is 2.39. The number of nitrogens with one attached hydrogen (secondary N) is 1. The van der Waals surface area contributed by atoms with Crippen LogP contribution in [-0.2, 0) is 4.74 Å². The SMILES string of the molecule is CC(C)(C)OC(=O)N1CCNCC(O)C1.CC(C)C. The molecule has 0 radical (unpaired) electrons. The maximum Gasteiger partial charge on any atom is 0.410 e. The molecule has 0 saturated carbocycles. The Morgan fingerprint density at radius 1 is 1.37 bits per heavy atom. The molecule has 2 N–H and O–H groups in total. The van der Waals surface area contributed by atoms with Crippen LogP contribution in [0.3, 0.4) is 0 Å². The second-order valence-corrected chi connectivity index (χ2v) is 6.52. The Morgan fingerprint density at radius 2 is 1.89 bits per heavy atom. The summed E-state index contributed by atoms with van der Waals surface area (Å²) in [5.41, 5.74) is -0.484. The number of ether oxygens (including phenoxy) is 1. The van der Waals surface area contributed by atoms with Gasteiger partial charge in [-0.2, -0.15) is 0 Å². The summed E-state index contributed by atoms with van der Waals surface area (Å²) in [6.07, 6.45) is -0.870. The fourth-order valence-corrected chi connectivity index (χ4v) is 1.39. The van der Waals surface area contributed by atoms with E-state index in [1.54, 1.807) is 0 Å². The third kappa shape index (κ3) is 10.8. The molecule has 1 atom stereocenters. The minimum Gasteiger partial charge on any atom is -0.444 e. The first-order valence-electron chi connectivity index (χ1n) is 6.98. The van der Waals surface area contributed by atoms with Gasteiger partial charge in [-0.3, -0.25) is 0 Å². The lowest BCUT2D eigenvalue weighted by Gasteiger charge is -2.26. The van der Waals surface area contributed by atoms with Gasteiger partial charge in [0.1, 0.15) is 5.60 Å². The van der Waals surface area contributed by atoms with Gasteiger partial charge < -0.3 is 20.1 Å². The third-order valence-electron chi connectivity index (χ3n) is 2.02. The van der Waals surface area contributed by atoms with E-state index in [1.807, 2.05) is 20.8 Å². The van der Waals surface area contributed by atoms with Crippen LogP contribution in [0.15, 0.2) is 0 Å². The number of β-amino-alcohol motifs (C(OH)–C–C–N with tert-alkyl or cyclic N) is 1. The van der Waals surface area contributed by atoms with E-state index in [1.165, 1.54) is 4.90 Å². The quantitative estimate of drug-likeness (QED) is 0.707. The maximum atomic E-state index is 11.7. The van der Waals surface area contributed by atoms with Gasteiger partial charge in [0, 0.05) is 19.6 Å². The summed E-state index contributed by atoms with van der Waals surface area (Å²) in [6, 6.07) is 0. The fraction of sp³-hybridized carbons (Fsp3) is 0.929. The highest BCUT2D eigenvalue weighted by Gasteiger charge is 2.25. The van der Waals surface area contributed by atoms with Crippen molar-refractivity contribution in [1.29, 1.82) is 0 Å². The predicted octanol–water partition coefficient (Wildman–Crippen LogP) is 1.85. The number of amides is 1. The molecule has 0 aliphatic carbocycles. The van der Waals surface area contributed by atoms with Gasteiger partial charge in [-0.05, 0) is 26.7 Å². The topological polar surface area (TPSA) is 61.8 Å². The lowest BCUT2D eigenvalue weighted by atomic mass is 10.2. The number of aliphatic hydroxyl groups is 1. The van der Waals surface area contributed by atoms with Crippen LogP contribution in [-0.4, -0.2) is 54.0 Å². The van der Waals surface area contributed by atoms with Crippen LogP contribution in [0.2, 0.25) is 0 Å². The van der Waals surface area contributed by atoms with Crippen molar-refractivity contribution in [2.75, 3.05) is 26.2 Å². The summed E-state index contributed by atoms with van der Waals surface area (Å²) >= 11 is 0. The van der Waals surface area contributed by atoms with E-state index >= 15 is 0 Å². The van der Waals surface area contributed by atoms with Crippen molar-refractivity contribution < 1.29 is 14.6 Å². The molecule has 1 fully saturated rings. The first kappa shape index (κ1) is 18.2. The zero-order chi connectivity index (χ0) is 15.1. The molecule has 0 spiro atoms. The third-order valence-corrected chi connectivity index (χ3v) is 2.02. The second kappa shape index (κ2) is 8.38. The monoisotopic (exact) mass is 274 g/mol. The highest BCUT2D eigenvalue weighted by atomic mass is 16.6. The van der Waals surface area contributed by atoms with E-state index in [0.717, 1.165) is 5.92 Å². The van der Waals surface area contributed by atoms with Crippen LogP contribution < -0.4 is 5.32 Å². The van der Waals surface area contributed by atoms with E-state index in [4.69, 9.17) is 4.74 Å². The van der Waals surface area contributed by atoms with Crippen LogP contribution in [0.25, 0.3) is 0 Å². The molecule has 1 amide bonds. The molecule has 1 saturated heterocycles. The highest BCUT2D eigenvalue weighted by Crippen LogP contribution is 2.10. The summed E-state index contributed by atoms with van der Waals surface area (Å²) in [7, 11) is 0. The van der Waals surface area contributed by atoms with Gasteiger partial charge in [0.2, 0.25) is 0 Å². The molecule has 0 aromatic carbocycles. The lowest BCUT2D eigenvalue weighted by molar-refractivity contribution is 0.0186. The van der Waals surface area contributed by atoms with Crippen LogP contribution in [0.5, 0.6) is 0 Å². The largest absolute Gasteiger partial charge is 0.444 e. The number of hydrogen-bond donors (Lipinski definition) is 2. The first-order valence-corrected chi connectivity index (χ1v) is 6.98. The van der Waals surface area contributed by atoms with E-state index in [2.05, 4.69) is 26.1 Å². The number of carbonyl (C=O) groups excluding carboxylic acids is 1. The minimum atomic E-state index is -0.514. The van der Waals surface area contributed by atoms with Gasteiger partial charge in [-0.15, -0.1) is 0 Å². The molecule has 114 valence electrons. The molecule has 19 heavy (non-hydrogen) atoms. The number of hydrogen-bond acceptors (Lipinski definition) is 4. The Balaban J connectivity index is 0.000000711. The van der Waals surface area contributed by atoms with Gasteiger partial charge in [0.25, 0.3) is 0 Å². The molecule has 1 heterocycles. The normalized spacial score (nSPS) is 20.4. The average molecular weight is 274 g/mol. The van der Waals surface area contributed by atoms with E-state index < -0.39 is 11.7 Å². The van der Waals surface area contributed by atoms with Crippen molar-refractivity contribution in [3.8, 4) is 0 Å². The molecule has 0 aromatic heterocycles. The van der Waals surface area contributed by atoms with Crippen LogP contribution >= 0.6 is 0 Å². The fourth-order valence-electron chi connectivity index (χ4n) is 1.39. The summed E-state index contributed by atoms with van der Waals surface area (Å²) < 4.78 is 5.23. The number of nitrogens with zero attached hydrogens (tertiary/aromatic N) is 1. The molecular weight excluding hydrogens is 244 g/mol. The van der Waals surface area contributed by atoms with Crippen molar-refractivity contribution in [2.45, 2.75) is 53.2 Å². The van der Waals surface area contributed by atoms with E-state index in [-0.39, 0.29) is 6.09 Å². The van der Waals surface area contributed by atoms with Gasteiger partial charge in [-0.1, -0.05) is 20.8 Å². The molecule has 1 unspecified atom stereocenters. The molecule has 5 heteroatoms. The lowest BCUT2D eigenvalue weighted by Crippen LogP contribution is -2.41. The van der Waals surface area contributed by atoms with Crippen molar-refractivity contribution in [3.05, 3.63) is 0 Å². The smallest absolute Gasteiger partial charge is 0.410 e. The van der Waals surface area contributed by atoms with Crippen LogP contribution in [0.4, 0.5) is 4.79 Å². The van der Waals surface area contributed by atoms with Crippen LogP contribution in [0.1, 0.15) is 41.5 Å². The van der Waals surface area contributed by atoms with Gasteiger partial charge >= 0.3 is 6.09 Å². The number of carbonyl (C=O) groups is 1. The standard InChI is InChI=1S/C10H20N2O3.C4H10/c1-10(2,3)15-9(14)12-5-4-11-6-8(13)7-12;1-4(2)3/h8,11,13H,4-7H2,1-3H3;4H,1-3H3. The van der Waals surface area contributed by atoms with Gasteiger partial charge in [-0.25, -0.2) is 4.79 Å². The molecule has 1 aliphatic heterocycles. The first-order chi connectivity index (χ1) is 8.61. The molecule has 1 rings (SSSR count). The summed E-state index contributed by atoms with van der Waals surface area (Å²) in [4.78, 5) is 13.2. The number of aliphatic hydroxyl groups excluding tert-OH is 1. The molecule has 0 bridgehead atoms. The van der Waals surface area contributed by atoms with Crippen molar-refractivity contribution in [3.63, 3.8) is 0 Å². The molecule has 1 aliphatic rings. The summed E-state index contributed by atoms with van der Waals surface area (Å²) in [5, 5.41) is 12.5. The van der Waals surface area contributed by atoms with E-state index in [0.29, 0.717) is 26.2 Å². The molecule has 0 aromatic rings. The second-order valence-electron chi connectivity index (χ2n) is 6.52. The van der Waals surface area contributed by atoms with Gasteiger partial charge in [0.05, 0.1) is 12.6 Å². The van der Waals surface area contributed by atoms with Crippen LogP contribution in [0, 0.1) is 5.92 Å². The Morgan fingerprint density at radius 3 is 2.37 bits per heavy atom. The maximum absolute atomic E-state index is 11.7. The van der Waals surface area contributed by atoms with Gasteiger partial charge in [0.15, 0.2) is 0 Å². The Bertz CT molecular complexity index is 259. The predicted molar refractivity (Wildman–Crippen MR) is 77.2 cm³/mol. The Kier molecular flexibility index (Phi) is 8.02. The zero-order valence-corrected chi connectivity index (χ0v) is 13.2. The van der Waals surface area contributed by atoms with Crippen molar-refractivity contribution in [1.82, 2.24) is 10.2 Å². The molecule has 5 nitrogen and oxygen atoms in total. The summed E-state index contributed by atoms with van der Waals surface area (Å²) in [5.74, 6) is 0.833. The zero-order valence-electron chi connectivity index (χ0n) is 13.2. The Labute approximate surface area is 117 Å².